The van der Waals surface area contributed by atoms with E-state index in [9.17, 15) is 0 Å². The van der Waals surface area contributed by atoms with Gasteiger partial charge in [-0.1, -0.05) is 24.6 Å². The Labute approximate surface area is 67.5 Å². The normalized spacial score (nSPS) is 32.6. The van der Waals surface area contributed by atoms with Crippen molar-refractivity contribution in [2.75, 3.05) is 6.54 Å². The summed E-state index contributed by atoms with van der Waals surface area (Å²) >= 11 is 5.36. The molecular formula is C8H14ClN. The van der Waals surface area contributed by atoms with E-state index in [1.807, 2.05) is 6.08 Å². The molecule has 0 aromatic carbocycles. The van der Waals surface area contributed by atoms with Gasteiger partial charge in [-0.3, -0.25) is 0 Å². The number of hydrogen-bond donors (Lipinski definition) is 1. The Morgan fingerprint density at radius 3 is 2.80 bits per heavy atom. The summed E-state index contributed by atoms with van der Waals surface area (Å²) in [7, 11) is 0. The van der Waals surface area contributed by atoms with Crippen molar-refractivity contribution < 1.29 is 0 Å². The molecule has 0 heterocycles. The van der Waals surface area contributed by atoms with Gasteiger partial charge >= 0.3 is 0 Å². The molecule has 1 rings (SSSR count). The molecule has 0 amide bonds. The van der Waals surface area contributed by atoms with Gasteiger partial charge in [-0.05, 0) is 18.8 Å². The maximum absolute atomic E-state index is 5.36. The molecule has 2 heteroatoms. The van der Waals surface area contributed by atoms with Gasteiger partial charge in [0.25, 0.3) is 0 Å². The van der Waals surface area contributed by atoms with Crippen LogP contribution in [0.15, 0.2) is 11.6 Å². The summed E-state index contributed by atoms with van der Waals surface area (Å²) in [6, 6.07) is 0.743. The zero-order valence-corrected chi connectivity index (χ0v) is 7.06. The lowest BCUT2D eigenvalue weighted by Gasteiger charge is -2.34. The van der Waals surface area contributed by atoms with E-state index in [4.69, 9.17) is 11.6 Å². The van der Waals surface area contributed by atoms with Crippen LogP contribution in [0.4, 0.5) is 0 Å². The van der Waals surface area contributed by atoms with E-state index < -0.39 is 0 Å². The third-order valence-corrected chi connectivity index (χ3v) is 2.39. The highest BCUT2D eigenvalue weighted by Crippen LogP contribution is 2.25. The lowest BCUT2D eigenvalue weighted by atomic mass is 9.81. The maximum atomic E-state index is 5.36. The Balaban J connectivity index is 2.03. The van der Waals surface area contributed by atoms with Crippen molar-refractivity contribution in [2.45, 2.75) is 25.8 Å². The van der Waals surface area contributed by atoms with Gasteiger partial charge in [-0.2, -0.15) is 0 Å². The van der Waals surface area contributed by atoms with E-state index in [1.165, 1.54) is 12.8 Å². The van der Waals surface area contributed by atoms with Gasteiger partial charge in [0.05, 0.1) is 0 Å². The number of hydrogen-bond acceptors (Lipinski definition) is 1. The zero-order chi connectivity index (χ0) is 7.40. The van der Waals surface area contributed by atoms with Gasteiger partial charge in [0.2, 0.25) is 0 Å². The average Bonchev–Trinajstić information content (AvgIpc) is 1.95. The largest absolute Gasteiger partial charge is 0.310 e. The van der Waals surface area contributed by atoms with Crippen molar-refractivity contribution in [3.63, 3.8) is 0 Å². The first kappa shape index (κ1) is 8.09. The Hall–Kier alpha value is -0.0100. The van der Waals surface area contributed by atoms with Crippen LogP contribution in [-0.2, 0) is 0 Å². The molecule has 0 aliphatic heterocycles. The summed E-state index contributed by atoms with van der Waals surface area (Å²) in [5.41, 5.74) is 1.57. The molecule has 10 heavy (non-hydrogen) atoms. The summed E-state index contributed by atoms with van der Waals surface area (Å²) in [5.74, 6) is 0.865. The number of nitrogens with one attached hydrogen (secondary N) is 1. The Kier molecular flexibility index (Phi) is 3.23. The molecule has 2 unspecified atom stereocenters. The third-order valence-electron chi connectivity index (χ3n) is 2.21. The van der Waals surface area contributed by atoms with Crippen molar-refractivity contribution in [1.29, 1.82) is 0 Å². The molecule has 1 N–H and O–H groups in total. The highest BCUT2D eigenvalue weighted by Gasteiger charge is 2.24. The zero-order valence-electron chi connectivity index (χ0n) is 6.31. The second kappa shape index (κ2) is 3.99. The predicted molar refractivity (Wildman–Crippen MR) is 45.2 cm³/mol. The smallest absolute Gasteiger partial charge is 0.0149 e. The number of halogens is 1. The summed E-state index contributed by atoms with van der Waals surface area (Å²) in [6.07, 6.45) is 4.64. The van der Waals surface area contributed by atoms with Crippen LogP contribution in [0.3, 0.4) is 0 Å². The standard InChI is InChI=1S/C8H14ClN/c1-7-3-4-8(7)10-6-2-5-9/h2,5,7-8,10H,3-4,6H2,1H3/b5-2+. The first-order chi connectivity index (χ1) is 4.84. The molecule has 1 saturated carbocycles. The van der Waals surface area contributed by atoms with Crippen LogP contribution in [0.5, 0.6) is 0 Å². The van der Waals surface area contributed by atoms with Crippen molar-refractivity contribution in [3.05, 3.63) is 11.6 Å². The Bertz CT molecular complexity index is 122. The monoisotopic (exact) mass is 159 g/mol. The summed E-state index contributed by atoms with van der Waals surface area (Å²) < 4.78 is 0. The lowest BCUT2D eigenvalue weighted by Crippen LogP contribution is -2.42. The maximum Gasteiger partial charge on any atom is 0.0149 e. The molecule has 1 fully saturated rings. The van der Waals surface area contributed by atoms with E-state index >= 15 is 0 Å². The quantitative estimate of drug-likeness (QED) is 0.666. The van der Waals surface area contributed by atoms with E-state index in [2.05, 4.69) is 12.2 Å². The molecule has 1 aliphatic carbocycles. The van der Waals surface area contributed by atoms with Crippen LogP contribution < -0.4 is 5.32 Å². The van der Waals surface area contributed by atoms with Crippen LogP contribution in [0.2, 0.25) is 0 Å². The van der Waals surface area contributed by atoms with Gasteiger partial charge in [-0.25, -0.2) is 0 Å². The van der Waals surface area contributed by atoms with E-state index in [1.54, 1.807) is 5.54 Å². The Morgan fingerprint density at radius 1 is 1.60 bits per heavy atom. The summed E-state index contributed by atoms with van der Waals surface area (Å²) in [5, 5.41) is 3.40. The molecule has 0 radical (unpaired) electrons. The number of rotatable bonds is 3. The summed E-state index contributed by atoms with van der Waals surface area (Å²) in [4.78, 5) is 0. The predicted octanol–water partition coefficient (Wildman–Crippen LogP) is 2.13. The van der Waals surface area contributed by atoms with Gasteiger partial charge in [-0.15, -0.1) is 0 Å². The molecule has 1 aliphatic rings. The van der Waals surface area contributed by atoms with Crippen LogP contribution in [0, 0.1) is 5.92 Å². The fourth-order valence-corrected chi connectivity index (χ4v) is 1.32. The highest BCUT2D eigenvalue weighted by molar-refractivity contribution is 6.25. The van der Waals surface area contributed by atoms with E-state index in [-0.39, 0.29) is 0 Å². The van der Waals surface area contributed by atoms with Gasteiger partial charge in [0.1, 0.15) is 0 Å². The van der Waals surface area contributed by atoms with Crippen LogP contribution in [0.25, 0.3) is 0 Å². The Morgan fingerprint density at radius 2 is 2.40 bits per heavy atom. The fourth-order valence-electron chi connectivity index (χ4n) is 1.23. The highest BCUT2D eigenvalue weighted by atomic mass is 35.5. The van der Waals surface area contributed by atoms with Crippen LogP contribution >= 0.6 is 11.6 Å². The van der Waals surface area contributed by atoms with Crippen molar-refractivity contribution in [1.82, 2.24) is 5.32 Å². The minimum atomic E-state index is 0.743. The molecule has 0 bridgehead atoms. The third kappa shape index (κ3) is 1.99. The van der Waals surface area contributed by atoms with Gasteiger partial charge in [0.15, 0.2) is 0 Å². The first-order valence-corrected chi connectivity index (χ1v) is 4.27. The van der Waals surface area contributed by atoms with E-state index in [0.717, 1.165) is 18.5 Å². The average molecular weight is 160 g/mol. The fraction of sp³-hybridized carbons (Fsp3) is 0.750. The SMILES string of the molecule is CC1CCC1NC/C=C/Cl. The van der Waals surface area contributed by atoms with Crippen molar-refractivity contribution in [2.24, 2.45) is 5.92 Å². The molecular weight excluding hydrogens is 146 g/mol. The molecule has 1 nitrogen and oxygen atoms in total. The first-order valence-electron chi connectivity index (χ1n) is 3.83. The van der Waals surface area contributed by atoms with Crippen LogP contribution in [-0.4, -0.2) is 12.6 Å². The van der Waals surface area contributed by atoms with Crippen molar-refractivity contribution >= 4 is 11.6 Å². The van der Waals surface area contributed by atoms with Crippen LogP contribution in [0.1, 0.15) is 19.8 Å². The minimum Gasteiger partial charge on any atom is -0.310 e. The molecule has 0 saturated heterocycles. The second-order valence-electron chi connectivity index (χ2n) is 2.93. The molecule has 0 aromatic heterocycles. The van der Waals surface area contributed by atoms with Gasteiger partial charge in [0, 0.05) is 18.1 Å². The lowest BCUT2D eigenvalue weighted by molar-refractivity contribution is 0.236. The van der Waals surface area contributed by atoms with Gasteiger partial charge < -0.3 is 5.32 Å². The summed E-state index contributed by atoms with van der Waals surface area (Å²) in [6.45, 7) is 3.20. The van der Waals surface area contributed by atoms with Crippen molar-refractivity contribution in [3.8, 4) is 0 Å². The second-order valence-corrected chi connectivity index (χ2v) is 3.18. The molecule has 0 aromatic rings. The minimum absolute atomic E-state index is 0.743. The molecule has 0 spiro atoms. The topological polar surface area (TPSA) is 12.0 Å². The molecule has 2 atom stereocenters. The molecule has 58 valence electrons. The van der Waals surface area contributed by atoms with E-state index in [0.29, 0.717) is 0 Å².